The van der Waals surface area contributed by atoms with E-state index in [2.05, 4.69) is 15.3 Å². The van der Waals surface area contributed by atoms with E-state index >= 15 is 0 Å². The van der Waals surface area contributed by atoms with Gasteiger partial charge >= 0.3 is 0 Å². The highest BCUT2D eigenvalue weighted by atomic mass is 16.3. The molecular formula is C16H18N4O2. The highest BCUT2D eigenvalue weighted by Gasteiger charge is 2.19. The highest BCUT2D eigenvalue weighted by molar-refractivity contribution is 5.94. The number of carbonyl (C=O) groups is 1. The predicted octanol–water partition coefficient (Wildman–Crippen LogP) is 2.19. The Kier molecular flexibility index (Phi) is 3.93. The van der Waals surface area contributed by atoms with E-state index in [4.69, 9.17) is 4.42 Å². The second-order valence-corrected chi connectivity index (χ2v) is 5.31. The van der Waals surface area contributed by atoms with Crippen LogP contribution in [0.5, 0.6) is 0 Å². The van der Waals surface area contributed by atoms with Crippen LogP contribution in [0, 0.1) is 0 Å². The zero-order valence-corrected chi connectivity index (χ0v) is 12.5. The lowest BCUT2D eigenvalue weighted by molar-refractivity contribution is 0.0930. The van der Waals surface area contributed by atoms with Gasteiger partial charge in [-0.3, -0.25) is 9.69 Å². The highest BCUT2D eigenvalue weighted by Crippen LogP contribution is 2.17. The Morgan fingerprint density at radius 3 is 2.82 bits per heavy atom. The summed E-state index contributed by atoms with van der Waals surface area (Å²) in [5, 5.41) is 2.90. The molecule has 1 atom stereocenters. The molecule has 0 fully saturated rings. The molecule has 0 aliphatic heterocycles. The van der Waals surface area contributed by atoms with E-state index in [0.29, 0.717) is 12.4 Å². The van der Waals surface area contributed by atoms with Crippen LogP contribution in [0.15, 0.2) is 47.1 Å². The van der Waals surface area contributed by atoms with Crippen molar-refractivity contribution in [1.82, 2.24) is 20.2 Å². The molecule has 0 radical (unpaired) electrons. The van der Waals surface area contributed by atoms with Gasteiger partial charge in [-0.05, 0) is 38.4 Å². The van der Waals surface area contributed by atoms with Crippen LogP contribution in [0.4, 0.5) is 0 Å². The molecule has 2 N–H and O–H groups in total. The van der Waals surface area contributed by atoms with E-state index in [1.165, 1.54) is 0 Å². The van der Waals surface area contributed by atoms with Gasteiger partial charge in [-0.15, -0.1) is 0 Å². The van der Waals surface area contributed by atoms with Crippen molar-refractivity contribution in [3.05, 3.63) is 54.2 Å². The Morgan fingerprint density at radius 1 is 1.32 bits per heavy atom. The fourth-order valence-electron chi connectivity index (χ4n) is 2.35. The molecule has 0 aliphatic rings. The first-order valence-corrected chi connectivity index (χ1v) is 7.08. The first kappa shape index (κ1) is 14.3. The largest absolute Gasteiger partial charge is 0.468 e. The second kappa shape index (κ2) is 6.03. The molecule has 0 saturated heterocycles. The Hall–Kier alpha value is -2.60. The van der Waals surface area contributed by atoms with Gasteiger partial charge in [0.05, 0.1) is 23.3 Å². The van der Waals surface area contributed by atoms with Crippen LogP contribution in [0.2, 0.25) is 0 Å². The van der Waals surface area contributed by atoms with Crippen LogP contribution in [0.3, 0.4) is 0 Å². The van der Waals surface area contributed by atoms with Crippen molar-refractivity contribution in [2.45, 2.75) is 6.04 Å². The van der Waals surface area contributed by atoms with E-state index in [0.717, 1.165) is 16.8 Å². The number of H-pyrrole nitrogens is 1. The van der Waals surface area contributed by atoms with Crippen molar-refractivity contribution in [2.75, 3.05) is 20.6 Å². The minimum Gasteiger partial charge on any atom is -0.468 e. The molecule has 1 amide bonds. The summed E-state index contributed by atoms with van der Waals surface area (Å²) >= 11 is 0. The van der Waals surface area contributed by atoms with Crippen molar-refractivity contribution in [2.24, 2.45) is 0 Å². The van der Waals surface area contributed by atoms with Gasteiger partial charge < -0.3 is 14.7 Å². The summed E-state index contributed by atoms with van der Waals surface area (Å²) in [4.78, 5) is 21.6. The number of aromatic nitrogens is 2. The maximum atomic E-state index is 12.3. The Morgan fingerprint density at radius 2 is 2.14 bits per heavy atom. The van der Waals surface area contributed by atoms with E-state index in [9.17, 15) is 4.79 Å². The molecule has 3 aromatic rings. The minimum atomic E-state index is -0.227. The van der Waals surface area contributed by atoms with Crippen LogP contribution < -0.4 is 5.32 Å². The third-order valence-electron chi connectivity index (χ3n) is 3.56. The number of rotatable bonds is 5. The Labute approximate surface area is 128 Å². The molecule has 114 valence electrons. The maximum Gasteiger partial charge on any atom is 0.287 e. The van der Waals surface area contributed by atoms with Crippen LogP contribution in [0.1, 0.15) is 22.4 Å². The zero-order chi connectivity index (χ0) is 15.5. The number of para-hydroxylation sites is 2. The third kappa shape index (κ3) is 2.87. The summed E-state index contributed by atoms with van der Waals surface area (Å²) in [5.41, 5.74) is 1.63. The molecule has 22 heavy (non-hydrogen) atoms. The average Bonchev–Trinajstić information content (AvgIpc) is 3.16. The smallest absolute Gasteiger partial charge is 0.287 e. The molecule has 2 aromatic heterocycles. The molecule has 0 bridgehead atoms. The normalized spacial score (nSPS) is 12.7. The van der Waals surface area contributed by atoms with Crippen LogP contribution in [0.25, 0.3) is 11.0 Å². The molecule has 2 heterocycles. The van der Waals surface area contributed by atoms with Gasteiger partial charge in [0.25, 0.3) is 5.91 Å². The molecule has 6 nitrogen and oxygen atoms in total. The topological polar surface area (TPSA) is 74.2 Å². The lowest BCUT2D eigenvalue weighted by Gasteiger charge is -2.22. The van der Waals surface area contributed by atoms with E-state index in [-0.39, 0.29) is 11.9 Å². The number of nitrogens with one attached hydrogen (secondary N) is 2. The van der Waals surface area contributed by atoms with Gasteiger partial charge in [-0.25, -0.2) is 4.98 Å². The molecule has 3 rings (SSSR count). The molecule has 0 saturated carbocycles. The number of aromatic amines is 1. The number of imidazole rings is 1. The lowest BCUT2D eigenvalue weighted by atomic mass is 10.2. The number of hydrogen-bond donors (Lipinski definition) is 2. The van der Waals surface area contributed by atoms with Gasteiger partial charge in [0.2, 0.25) is 0 Å². The van der Waals surface area contributed by atoms with Crippen molar-refractivity contribution >= 4 is 16.9 Å². The van der Waals surface area contributed by atoms with Gasteiger partial charge in [-0.1, -0.05) is 12.1 Å². The number of nitrogens with zero attached hydrogens (tertiary/aromatic N) is 2. The fourth-order valence-corrected chi connectivity index (χ4v) is 2.35. The fraction of sp³-hybridized carbons (Fsp3) is 0.250. The molecule has 6 heteroatoms. The van der Waals surface area contributed by atoms with E-state index in [1.807, 2.05) is 55.4 Å². The van der Waals surface area contributed by atoms with Crippen molar-refractivity contribution in [3.63, 3.8) is 0 Å². The summed E-state index contributed by atoms with van der Waals surface area (Å²) in [5.74, 6) is 0.905. The van der Waals surface area contributed by atoms with Crippen LogP contribution in [-0.4, -0.2) is 41.4 Å². The van der Waals surface area contributed by atoms with Gasteiger partial charge in [-0.2, -0.15) is 0 Å². The summed E-state index contributed by atoms with van der Waals surface area (Å²) in [6.07, 6.45) is 1.63. The third-order valence-corrected chi connectivity index (χ3v) is 3.56. The minimum absolute atomic E-state index is 0.0247. The summed E-state index contributed by atoms with van der Waals surface area (Å²) in [6.45, 7) is 0.441. The SMILES string of the molecule is CN(C)[C@H](CNC(=O)c1nc2ccccc2[nH]1)c1ccco1. The Bertz CT molecular complexity index is 728. The number of furan rings is 1. The predicted molar refractivity (Wildman–Crippen MR) is 83.6 cm³/mol. The van der Waals surface area contributed by atoms with Gasteiger partial charge in [0.15, 0.2) is 5.82 Å². The summed E-state index contributed by atoms with van der Waals surface area (Å²) in [6, 6.07) is 11.3. The molecule has 0 aliphatic carbocycles. The lowest BCUT2D eigenvalue weighted by Crippen LogP contribution is -2.34. The van der Waals surface area contributed by atoms with Gasteiger partial charge in [0.1, 0.15) is 5.76 Å². The summed E-state index contributed by atoms with van der Waals surface area (Å²) in [7, 11) is 3.89. The number of hydrogen-bond acceptors (Lipinski definition) is 4. The Balaban J connectivity index is 1.71. The second-order valence-electron chi connectivity index (χ2n) is 5.31. The zero-order valence-electron chi connectivity index (χ0n) is 12.5. The van der Waals surface area contributed by atoms with Crippen molar-refractivity contribution < 1.29 is 9.21 Å². The number of likely N-dealkylation sites (N-methyl/N-ethyl adjacent to an activating group) is 1. The standard InChI is InChI=1S/C16H18N4O2/c1-20(2)13(14-8-5-9-22-14)10-17-16(21)15-18-11-6-3-4-7-12(11)19-15/h3-9,13H,10H2,1-2H3,(H,17,21)(H,18,19)/t13-/m1/s1. The number of carbonyl (C=O) groups excluding carboxylic acids is 1. The van der Waals surface area contributed by atoms with Crippen LogP contribution >= 0.6 is 0 Å². The number of amides is 1. The first-order chi connectivity index (χ1) is 10.6. The van der Waals surface area contributed by atoms with Gasteiger partial charge in [0, 0.05) is 6.54 Å². The van der Waals surface area contributed by atoms with E-state index in [1.54, 1.807) is 6.26 Å². The quantitative estimate of drug-likeness (QED) is 0.757. The molecule has 1 aromatic carbocycles. The van der Waals surface area contributed by atoms with Crippen LogP contribution in [-0.2, 0) is 0 Å². The maximum absolute atomic E-state index is 12.3. The first-order valence-electron chi connectivity index (χ1n) is 7.08. The number of fused-ring (bicyclic) bond motifs is 1. The van der Waals surface area contributed by atoms with E-state index < -0.39 is 0 Å². The monoisotopic (exact) mass is 298 g/mol. The number of benzene rings is 1. The van der Waals surface area contributed by atoms with Crippen molar-refractivity contribution in [3.8, 4) is 0 Å². The summed E-state index contributed by atoms with van der Waals surface area (Å²) < 4.78 is 5.43. The molecular weight excluding hydrogens is 280 g/mol. The molecule has 0 unspecified atom stereocenters. The van der Waals surface area contributed by atoms with Crippen molar-refractivity contribution in [1.29, 1.82) is 0 Å². The molecule has 0 spiro atoms. The average molecular weight is 298 g/mol.